The van der Waals surface area contributed by atoms with Crippen LogP contribution in [0.5, 0.6) is 0 Å². The maximum absolute atomic E-state index is 13.7. The number of amides is 2. The van der Waals surface area contributed by atoms with Gasteiger partial charge in [0.25, 0.3) is 0 Å². The zero-order valence-corrected chi connectivity index (χ0v) is 24.0. The molecule has 0 fully saturated rings. The van der Waals surface area contributed by atoms with Gasteiger partial charge in [-0.25, -0.2) is 0 Å². The van der Waals surface area contributed by atoms with E-state index in [0.29, 0.717) is 27.2 Å². The minimum atomic E-state index is -0.689. The number of benzene rings is 3. The summed E-state index contributed by atoms with van der Waals surface area (Å²) >= 11 is 20.1. The van der Waals surface area contributed by atoms with Gasteiger partial charge in [-0.1, -0.05) is 96.3 Å². The van der Waals surface area contributed by atoms with Gasteiger partial charge in [0.15, 0.2) is 0 Å². The van der Waals surface area contributed by atoms with Crippen LogP contribution in [0, 0.1) is 0 Å². The first-order chi connectivity index (χ1) is 17.8. The van der Waals surface area contributed by atoms with Crippen molar-refractivity contribution in [2.75, 3.05) is 5.75 Å². The van der Waals surface area contributed by atoms with Crippen LogP contribution in [0.1, 0.15) is 37.0 Å². The Morgan fingerprint density at radius 1 is 0.892 bits per heavy atom. The van der Waals surface area contributed by atoms with Crippen molar-refractivity contribution in [3.8, 4) is 0 Å². The van der Waals surface area contributed by atoms with Crippen LogP contribution in [-0.2, 0) is 28.3 Å². The van der Waals surface area contributed by atoms with E-state index in [1.165, 1.54) is 11.8 Å². The van der Waals surface area contributed by atoms with Gasteiger partial charge in [0.2, 0.25) is 11.8 Å². The average Bonchev–Trinajstić information content (AvgIpc) is 2.89. The van der Waals surface area contributed by atoms with Crippen molar-refractivity contribution in [3.05, 3.63) is 105 Å². The van der Waals surface area contributed by atoms with Crippen LogP contribution in [0.15, 0.2) is 72.8 Å². The fourth-order valence-electron chi connectivity index (χ4n) is 3.77. The number of carbonyl (C=O) groups is 2. The van der Waals surface area contributed by atoms with Crippen LogP contribution in [-0.4, -0.2) is 34.6 Å². The smallest absolute Gasteiger partial charge is 0.243 e. The summed E-state index contributed by atoms with van der Waals surface area (Å²) in [7, 11) is 0. The van der Waals surface area contributed by atoms with Gasteiger partial charge in [0.1, 0.15) is 6.04 Å². The van der Waals surface area contributed by atoms with Gasteiger partial charge < -0.3 is 10.2 Å². The third-order valence-electron chi connectivity index (χ3n) is 6.05. The molecule has 3 aromatic rings. The first kappa shape index (κ1) is 29.4. The summed E-state index contributed by atoms with van der Waals surface area (Å²) in [4.78, 5) is 28.9. The van der Waals surface area contributed by atoms with Crippen LogP contribution in [0.4, 0.5) is 0 Å². The molecular weight excluding hydrogens is 547 g/mol. The van der Waals surface area contributed by atoms with E-state index in [9.17, 15) is 9.59 Å². The number of rotatable bonds is 12. The second-order valence-electron chi connectivity index (χ2n) is 8.88. The van der Waals surface area contributed by atoms with Gasteiger partial charge >= 0.3 is 0 Å². The fraction of sp³-hybridized carbons (Fsp3) is 0.310. The number of hydrogen-bond acceptors (Lipinski definition) is 3. The van der Waals surface area contributed by atoms with E-state index >= 15 is 0 Å². The summed E-state index contributed by atoms with van der Waals surface area (Å²) in [5, 5.41) is 4.62. The Labute approximate surface area is 238 Å². The molecule has 3 rings (SSSR count). The predicted molar refractivity (Wildman–Crippen MR) is 156 cm³/mol. The molecule has 3 aromatic carbocycles. The third-order valence-corrected chi connectivity index (χ3v) is 8.15. The molecule has 0 radical (unpaired) electrons. The van der Waals surface area contributed by atoms with Gasteiger partial charge in [-0.3, -0.25) is 9.59 Å². The summed E-state index contributed by atoms with van der Waals surface area (Å²) in [5.74, 6) is 0.482. The van der Waals surface area contributed by atoms with Crippen LogP contribution in [0.3, 0.4) is 0 Å². The summed E-state index contributed by atoms with van der Waals surface area (Å²) in [6.07, 6.45) is 1.19. The summed E-state index contributed by atoms with van der Waals surface area (Å²) < 4.78 is 0. The van der Waals surface area contributed by atoms with Gasteiger partial charge in [-0.15, -0.1) is 11.8 Å². The molecule has 196 valence electrons. The largest absolute Gasteiger partial charge is 0.352 e. The Balaban J connectivity index is 1.86. The number of nitrogens with zero attached hydrogens (tertiary/aromatic N) is 1. The minimum Gasteiger partial charge on any atom is -0.352 e. The molecule has 2 amide bonds. The Kier molecular flexibility index (Phi) is 11.7. The number of halogens is 3. The maximum atomic E-state index is 13.7. The normalized spacial score (nSPS) is 12.6. The molecule has 0 aliphatic rings. The highest BCUT2D eigenvalue weighted by Gasteiger charge is 2.31. The molecule has 0 saturated carbocycles. The highest BCUT2D eigenvalue weighted by Crippen LogP contribution is 2.26. The first-order valence-corrected chi connectivity index (χ1v) is 14.5. The van der Waals surface area contributed by atoms with Crippen molar-refractivity contribution in [2.24, 2.45) is 0 Å². The molecule has 0 unspecified atom stereocenters. The highest BCUT2D eigenvalue weighted by molar-refractivity contribution is 7.99. The number of carbonyl (C=O) groups excluding carboxylic acids is 2. The molecule has 1 N–H and O–H groups in total. The Morgan fingerprint density at radius 3 is 2.27 bits per heavy atom. The average molecular weight is 578 g/mol. The Hall–Kier alpha value is -2.18. The minimum absolute atomic E-state index is 0.00735. The zero-order valence-electron chi connectivity index (χ0n) is 20.9. The lowest BCUT2D eigenvalue weighted by molar-refractivity contribution is -0.139. The van der Waals surface area contributed by atoms with E-state index in [2.05, 4.69) is 5.32 Å². The molecule has 4 nitrogen and oxygen atoms in total. The van der Waals surface area contributed by atoms with E-state index in [1.54, 1.807) is 23.1 Å². The monoisotopic (exact) mass is 576 g/mol. The van der Waals surface area contributed by atoms with Crippen molar-refractivity contribution in [3.63, 3.8) is 0 Å². The van der Waals surface area contributed by atoms with Crippen molar-refractivity contribution < 1.29 is 9.59 Å². The van der Waals surface area contributed by atoms with Gasteiger partial charge in [-0.05, 0) is 48.2 Å². The molecule has 0 bridgehead atoms. The second-order valence-corrected chi connectivity index (χ2v) is 11.1. The van der Waals surface area contributed by atoms with Crippen molar-refractivity contribution in [1.82, 2.24) is 10.2 Å². The lowest BCUT2D eigenvalue weighted by atomic mass is 10.0. The quantitative estimate of drug-likeness (QED) is 0.243. The highest BCUT2D eigenvalue weighted by atomic mass is 35.5. The SMILES string of the molecule is CC[C@@H](C)NC(=O)[C@@H](Cc1ccccc1)N(Cc1ccccc1Cl)C(=O)CSCc1ccc(Cl)c(Cl)c1. The van der Waals surface area contributed by atoms with E-state index in [4.69, 9.17) is 34.8 Å². The molecule has 0 heterocycles. The molecule has 37 heavy (non-hydrogen) atoms. The predicted octanol–water partition coefficient (Wildman–Crippen LogP) is 7.43. The number of thioether (sulfide) groups is 1. The maximum Gasteiger partial charge on any atom is 0.243 e. The van der Waals surface area contributed by atoms with E-state index in [-0.39, 0.29) is 30.2 Å². The van der Waals surface area contributed by atoms with Crippen LogP contribution in [0.25, 0.3) is 0 Å². The van der Waals surface area contributed by atoms with Crippen LogP contribution in [0.2, 0.25) is 15.1 Å². The van der Waals surface area contributed by atoms with Crippen molar-refractivity contribution >= 4 is 58.4 Å². The van der Waals surface area contributed by atoms with Crippen LogP contribution >= 0.6 is 46.6 Å². The molecule has 0 spiro atoms. The summed E-state index contributed by atoms with van der Waals surface area (Å²) in [6.45, 7) is 4.21. The lowest BCUT2D eigenvalue weighted by Crippen LogP contribution is -2.52. The van der Waals surface area contributed by atoms with Crippen molar-refractivity contribution in [1.29, 1.82) is 0 Å². The van der Waals surface area contributed by atoms with Gasteiger partial charge in [0.05, 0.1) is 15.8 Å². The Bertz CT molecular complexity index is 1190. The molecular formula is C29H31Cl3N2O2S. The topological polar surface area (TPSA) is 49.4 Å². The summed E-state index contributed by atoms with van der Waals surface area (Å²) in [6, 6.07) is 21.9. The lowest BCUT2D eigenvalue weighted by Gasteiger charge is -2.32. The first-order valence-electron chi connectivity index (χ1n) is 12.2. The number of nitrogens with one attached hydrogen (secondary N) is 1. The van der Waals surface area contributed by atoms with Gasteiger partial charge in [-0.2, -0.15) is 0 Å². The second kappa shape index (κ2) is 14.7. The third kappa shape index (κ3) is 8.96. The zero-order chi connectivity index (χ0) is 26.8. The summed E-state index contributed by atoms with van der Waals surface area (Å²) in [5.41, 5.74) is 2.74. The molecule has 8 heteroatoms. The van der Waals surface area contributed by atoms with Gasteiger partial charge in [0, 0.05) is 29.8 Å². The fourth-order valence-corrected chi connectivity index (χ4v) is 5.15. The molecule has 0 saturated heterocycles. The standard InChI is InChI=1S/C29H31Cl3N2O2S/c1-3-20(2)33-29(36)27(16-21-9-5-4-6-10-21)34(17-23-11-7-8-12-24(23)30)28(35)19-37-18-22-13-14-25(31)26(32)15-22/h4-15,20,27H,3,16-19H2,1-2H3,(H,33,36)/t20-,27-/m1/s1. The van der Waals surface area contributed by atoms with Crippen molar-refractivity contribution in [2.45, 2.75) is 51.1 Å². The molecule has 0 aliphatic carbocycles. The number of hydrogen-bond donors (Lipinski definition) is 1. The molecule has 0 aliphatic heterocycles. The Morgan fingerprint density at radius 2 is 1.59 bits per heavy atom. The van der Waals surface area contributed by atoms with E-state index in [1.807, 2.05) is 68.4 Å². The van der Waals surface area contributed by atoms with E-state index < -0.39 is 6.04 Å². The molecule has 0 aromatic heterocycles. The molecule has 2 atom stereocenters. The van der Waals surface area contributed by atoms with E-state index in [0.717, 1.165) is 23.1 Å². The van der Waals surface area contributed by atoms with Crippen LogP contribution < -0.4 is 5.32 Å².